The number of nitrogens with zero attached hydrogens (tertiary/aromatic N) is 2. The molecule has 0 radical (unpaired) electrons. The van der Waals surface area contributed by atoms with Crippen molar-refractivity contribution in [1.29, 1.82) is 0 Å². The minimum Gasteiger partial charge on any atom is -0.496 e. The Kier molecular flexibility index (Phi) is 4.66. The molecule has 126 valence electrons. The summed E-state index contributed by atoms with van der Waals surface area (Å²) in [5.74, 6) is 0.233. The summed E-state index contributed by atoms with van der Waals surface area (Å²) in [6.45, 7) is 1.01. The molecule has 7 nitrogen and oxygen atoms in total. The Bertz CT molecular complexity index is 774. The second-order valence-corrected chi connectivity index (χ2v) is 6.27. The minimum absolute atomic E-state index is 0.275. The number of thiazole rings is 1. The van der Waals surface area contributed by atoms with Crippen LogP contribution in [0.5, 0.6) is 5.75 Å². The van der Waals surface area contributed by atoms with E-state index in [4.69, 9.17) is 9.47 Å². The van der Waals surface area contributed by atoms with E-state index in [9.17, 15) is 9.59 Å². The van der Waals surface area contributed by atoms with Gasteiger partial charge in [-0.25, -0.2) is 9.78 Å². The summed E-state index contributed by atoms with van der Waals surface area (Å²) in [4.78, 5) is 31.1. The Hall–Kier alpha value is -2.61. The molecule has 1 aromatic heterocycles. The fourth-order valence-electron chi connectivity index (χ4n) is 2.53. The molecule has 0 saturated carbocycles. The van der Waals surface area contributed by atoms with Gasteiger partial charge in [-0.15, -0.1) is 0 Å². The first-order valence-electron chi connectivity index (χ1n) is 7.38. The zero-order valence-corrected chi connectivity index (χ0v) is 14.2. The molecule has 0 aliphatic carbocycles. The zero-order valence-electron chi connectivity index (χ0n) is 13.4. The first kappa shape index (κ1) is 16.3. The van der Waals surface area contributed by atoms with Crippen LogP contribution >= 0.6 is 11.3 Å². The molecule has 3 rings (SSSR count). The number of fused-ring (bicyclic) bond motifs is 1. The van der Waals surface area contributed by atoms with Crippen molar-refractivity contribution in [2.75, 3.05) is 26.1 Å². The number of hydrogen-bond donors (Lipinski definition) is 1. The van der Waals surface area contributed by atoms with Crippen LogP contribution in [-0.4, -0.2) is 42.6 Å². The maximum Gasteiger partial charge on any atom is 0.409 e. The zero-order chi connectivity index (χ0) is 17.1. The van der Waals surface area contributed by atoms with Gasteiger partial charge in [0.2, 0.25) is 0 Å². The summed E-state index contributed by atoms with van der Waals surface area (Å²) in [7, 11) is 2.89. The number of nitrogens with one attached hydrogen (secondary N) is 1. The Morgan fingerprint density at radius 2 is 2.08 bits per heavy atom. The Morgan fingerprint density at radius 3 is 2.83 bits per heavy atom. The molecule has 0 unspecified atom stereocenters. The SMILES string of the molecule is COC(=O)N1CCc2nc(NC(=O)c3ccccc3OC)sc2C1. The number of methoxy groups -OCH3 is 2. The summed E-state index contributed by atoms with van der Waals surface area (Å²) < 4.78 is 9.95. The lowest BCUT2D eigenvalue weighted by atomic mass is 10.2. The third kappa shape index (κ3) is 3.18. The van der Waals surface area contributed by atoms with Gasteiger partial charge in [-0.05, 0) is 12.1 Å². The lowest BCUT2D eigenvalue weighted by Crippen LogP contribution is -2.35. The number of carbonyl (C=O) groups excluding carboxylic acids is 2. The highest BCUT2D eigenvalue weighted by molar-refractivity contribution is 7.15. The van der Waals surface area contributed by atoms with E-state index < -0.39 is 0 Å². The van der Waals surface area contributed by atoms with Gasteiger partial charge >= 0.3 is 6.09 Å². The van der Waals surface area contributed by atoms with Gasteiger partial charge in [0.05, 0.1) is 32.0 Å². The highest BCUT2D eigenvalue weighted by atomic mass is 32.1. The Morgan fingerprint density at radius 1 is 1.29 bits per heavy atom. The summed E-state index contributed by atoms with van der Waals surface area (Å²) in [6, 6.07) is 7.01. The largest absolute Gasteiger partial charge is 0.496 e. The van der Waals surface area contributed by atoms with Gasteiger partial charge in [0.1, 0.15) is 5.75 Å². The Balaban J connectivity index is 1.75. The monoisotopic (exact) mass is 347 g/mol. The molecule has 24 heavy (non-hydrogen) atoms. The topological polar surface area (TPSA) is 80.8 Å². The van der Waals surface area contributed by atoms with Crippen molar-refractivity contribution in [3.05, 3.63) is 40.4 Å². The molecule has 0 atom stereocenters. The van der Waals surface area contributed by atoms with Crippen LogP contribution in [0.15, 0.2) is 24.3 Å². The molecule has 1 N–H and O–H groups in total. The van der Waals surface area contributed by atoms with Crippen molar-refractivity contribution in [2.24, 2.45) is 0 Å². The van der Waals surface area contributed by atoms with Crippen LogP contribution in [0.1, 0.15) is 20.9 Å². The summed E-state index contributed by atoms with van der Waals surface area (Å²) >= 11 is 1.37. The molecule has 8 heteroatoms. The van der Waals surface area contributed by atoms with Crippen molar-refractivity contribution < 1.29 is 19.1 Å². The number of rotatable bonds is 3. The van der Waals surface area contributed by atoms with Crippen LogP contribution in [-0.2, 0) is 17.7 Å². The van der Waals surface area contributed by atoms with E-state index in [2.05, 4.69) is 10.3 Å². The second kappa shape index (κ2) is 6.88. The van der Waals surface area contributed by atoms with Crippen LogP contribution in [0.3, 0.4) is 0 Å². The second-order valence-electron chi connectivity index (χ2n) is 5.18. The van der Waals surface area contributed by atoms with Gasteiger partial charge in [-0.2, -0.15) is 0 Å². The van der Waals surface area contributed by atoms with Gasteiger partial charge in [0.25, 0.3) is 5.91 Å². The van der Waals surface area contributed by atoms with Crippen molar-refractivity contribution in [1.82, 2.24) is 9.88 Å². The molecule has 2 heterocycles. The number of para-hydroxylation sites is 1. The summed E-state index contributed by atoms with van der Waals surface area (Å²) in [5, 5.41) is 3.32. The first-order valence-corrected chi connectivity index (χ1v) is 8.20. The summed E-state index contributed by atoms with van der Waals surface area (Å²) in [5.41, 5.74) is 1.36. The molecule has 1 aliphatic heterocycles. The molecule has 0 bridgehead atoms. The van der Waals surface area contributed by atoms with Crippen LogP contribution < -0.4 is 10.1 Å². The van der Waals surface area contributed by atoms with Gasteiger partial charge in [0.15, 0.2) is 5.13 Å². The van der Waals surface area contributed by atoms with Crippen molar-refractivity contribution in [3.63, 3.8) is 0 Å². The predicted molar refractivity (Wildman–Crippen MR) is 89.6 cm³/mol. The maximum atomic E-state index is 12.4. The number of amides is 2. The predicted octanol–water partition coefficient (Wildman–Crippen LogP) is 2.53. The number of benzene rings is 1. The van der Waals surface area contributed by atoms with Gasteiger partial charge in [-0.3, -0.25) is 10.1 Å². The van der Waals surface area contributed by atoms with E-state index in [0.717, 1.165) is 10.6 Å². The van der Waals surface area contributed by atoms with Gasteiger partial charge in [0, 0.05) is 17.8 Å². The van der Waals surface area contributed by atoms with Gasteiger partial charge in [-0.1, -0.05) is 23.5 Å². The van der Waals surface area contributed by atoms with Crippen molar-refractivity contribution in [3.8, 4) is 5.75 Å². The maximum absolute atomic E-state index is 12.4. The molecule has 1 aliphatic rings. The van der Waals surface area contributed by atoms with E-state index in [0.29, 0.717) is 36.0 Å². The smallest absolute Gasteiger partial charge is 0.409 e. The molecule has 1 aromatic carbocycles. The quantitative estimate of drug-likeness (QED) is 0.923. The lowest BCUT2D eigenvalue weighted by Gasteiger charge is -2.24. The highest BCUT2D eigenvalue weighted by Gasteiger charge is 2.25. The van der Waals surface area contributed by atoms with E-state index in [-0.39, 0.29) is 12.0 Å². The molecule has 0 spiro atoms. The molecule has 0 fully saturated rings. The number of aromatic nitrogens is 1. The average Bonchev–Trinajstić information content (AvgIpc) is 3.02. The number of hydrogen-bond acceptors (Lipinski definition) is 6. The normalized spacial score (nSPS) is 13.2. The third-order valence-electron chi connectivity index (χ3n) is 3.74. The van der Waals surface area contributed by atoms with Crippen LogP contribution in [0, 0.1) is 0 Å². The highest BCUT2D eigenvalue weighted by Crippen LogP contribution is 2.29. The minimum atomic E-state index is -0.353. The molecular weight excluding hydrogens is 330 g/mol. The number of ether oxygens (including phenoxy) is 2. The first-order chi connectivity index (χ1) is 11.6. The standard InChI is InChI=1S/C16H17N3O4S/c1-22-12-6-4-3-5-10(12)14(20)18-15-17-11-7-8-19(16(21)23-2)9-13(11)24-15/h3-6H,7-9H2,1-2H3,(H,17,18,20). The Labute approximate surface area is 143 Å². The molecular formula is C16H17N3O4S. The lowest BCUT2D eigenvalue weighted by molar-refractivity contribution is 0.102. The van der Waals surface area contributed by atoms with E-state index >= 15 is 0 Å². The van der Waals surface area contributed by atoms with Crippen molar-refractivity contribution in [2.45, 2.75) is 13.0 Å². The fourth-order valence-corrected chi connectivity index (χ4v) is 3.55. The van der Waals surface area contributed by atoms with Crippen LogP contribution in [0.4, 0.5) is 9.93 Å². The van der Waals surface area contributed by atoms with Crippen LogP contribution in [0.25, 0.3) is 0 Å². The van der Waals surface area contributed by atoms with E-state index in [1.54, 1.807) is 29.2 Å². The fraction of sp³-hybridized carbons (Fsp3) is 0.312. The molecule has 0 saturated heterocycles. The third-order valence-corrected chi connectivity index (χ3v) is 4.73. The average molecular weight is 347 g/mol. The number of carbonyl (C=O) groups is 2. The van der Waals surface area contributed by atoms with Crippen LogP contribution in [0.2, 0.25) is 0 Å². The van der Waals surface area contributed by atoms with Crippen molar-refractivity contribution >= 4 is 28.5 Å². The van der Waals surface area contributed by atoms with E-state index in [1.165, 1.54) is 25.6 Å². The molecule has 2 amide bonds. The van der Waals surface area contributed by atoms with Gasteiger partial charge < -0.3 is 14.4 Å². The number of anilines is 1. The van der Waals surface area contributed by atoms with E-state index in [1.807, 2.05) is 0 Å². The molecule has 2 aromatic rings. The summed E-state index contributed by atoms with van der Waals surface area (Å²) in [6.07, 6.45) is 0.291.